The number of carbonyl (C=O) groups is 1. The summed E-state index contributed by atoms with van der Waals surface area (Å²) in [5, 5.41) is 9.25. The van der Waals surface area contributed by atoms with E-state index in [2.05, 4.69) is 4.90 Å². The van der Waals surface area contributed by atoms with Gasteiger partial charge in [-0.25, -0.2) is 0 Å². The van der Waals surface area contributed by atoms with Gasteiger partial charge in [0.2, 0.25) is 0 Å². The molecule has 92 valence electrons. The Morgan fingerprint density at radius 3 is 2.56 bits per heavy atom. The number of carboxylic acids is 1. The van der Waals surface area contributed by atoms with Gasteiger partial charge in [0.15, 0.2) is 0 Å². The van der Waals surface area contributed by atoms with Crippen molar-refractivity contribution >= 4 is 5.97 Å². The molecule has 1 N–H and O–H groups in total. The number of likely N-dealkylation sites (tertiary alicyclic amines) is 1. The minimum Gasteiger partial charge on any atom is -0.480 e. The van der Waals surface area contributed by atoms with Crippen LogP contribution in [0.3, 0.4) is 0 Å². The van der Waals surface area contributed by atoms with E-state index in [0.29, 0.717) is 6.04 Å². The van der Waals surface area contributed by atoms with Crippen LogP contribution in [0.4, 0.5) is 0 Å². The van der Waals surface area contributed by atoms with Gasteiger partial charge in [0.05, 0.1) is 0 Å². The summed E-state index contributed by atoms with van der Waals surface area (Å²) in [5.74, 6) is 0.142. The number of nitrogens with zero attached hydrogens (tertiary/aromatic N) is 1. The Morgan fingerprint density at radius 1 is 1.31 bits per heavy atom. The van der Waals surface area contributed by atoms with Crippen molar-refractivity contribution in [1.82, 2.24) is 4.90 Å². The fourth-order valence-corrected chi connectivity index (χ4v) is 3.60. The predicted octanol–water partition coefficient (Wildman–Crippen LogP) is 2.50. The minimum atomic E-state index is -0.632. The summed E-state index contributed by atoms with van der Waals surface area (Å²) in [5.41, 5.74) is 0. The van der Waals surface area contributed by atoms with Crippen LogP contribution >= 0.6 is 0 Å². The van der Waals surface area contributed by atoms with Gasteiger partial charge in [-0.2, -0.15) is 0 Å². The average molecular weight is 225 g/mol. The molecule has 1 heterocycles. The molecule has 0 aromatic heterocycles. The smallest absolute Gasteiger partial charge is 0.320 e. The maximum atomic E-state index is 11.2. The fourth-order valence-electron chi connectivity index (χ4n) is 3.60. The monoisotopic (exact) mass is 225 g/mol. The lowest BCUT2D eigenvalue weighted by atomic mass is 9.95. The molecule has 2 unspecified atom stereocenters. The molecular formula is C13H23NO2. The third-order valence-corrected chi connectivity index (χ3v) is 4.36. The van der Waals surface area contributed by atoms with Gasteiger partial charge in [0, 0.05) is 6.04 Å². The van der Waals surface area contributed by atoms with Gasteiger partial charge in [-0.05, 0) is 44.6 Å². The summed E-state index contributed by atoms with van der Waals surface area (Å²) in [7, 11) is 0. The summed E-state index contributed by atoms with van der Waals surface area (Å²) in [6.07, 6.45) is 8.46. The van der Waals surface area contributed by atoms with E-state index in [1.807, 2.05) is 6.92 Å². The topological polar surface area (TPSA) is 40.5 Å². The maximum Gasteiger partial charge on any atom is 0.320 e. The van der Waals surface area contributed by atoms with Crippen molar-refractivity contribution in [3.63, 3.8) is 0 Å². The van der Waals surface area contributed by atoms with Crippen LogP contribution < -0.4 is 0 Å². The third-order valence-electron chi connectivity index (χ3n) is 4.36. The van der Waals surface area contributed by atoms with E-state index in [1.165, 1.54) is 38.5 Å². The maximum absolute atomic E-state index is 11.2. The minimum absolute atomic E-state index is 0.243. The average Bonchev–Trinajstić information content (AvgIpc) is 2.86. The number of carboxylic acid groups (broad SMARTS) is 1. The Kier molecular flexibility index (Phi) is 3.85. The van der Waals surface area contributed by atoms with Crippen LogP contribution in [-0.4, -0.2) is 34.6 Å². The molecule has 2 fully saturated rings. The van der Waals surface area contributed by atoms with E-state index in [4.69, 9.17) is 0 Å². The Balaban J connectivity index is 2.03. The van der Waals surface area contributed by atoms with Crippen LogP contribution in [-0.2, 0) is 4.79 Å². The van der Waals surface area contributed by atoms with Crippen LogP contribution in [0.2, 0.25) is 0 Å². The Hall–Kier alpha value is -0.570. The van der Waals surface area contributed by atoms with Gasteiger partial charge >= 0.3 is 5.97 Å². The van der Waals surface area contributed by atoms with Crippen molar-refractivity contribution in [2.45, 2.75) is 64.0 Å². The Labute approximate surface area is 97.8 Å². The second kappa shape index (κ2) is 5.17. The zero-order valence-electron chi connectivity index (χ0n) is 10.2. The molecule has 2 atom stereocenters. The largest absolute Gasteiger partial charge is 0.480 e. The molecule has 0 radical (unpaired) electrons. The molecular weight excluding hydrogens is 202 g/mol. The first kappa shape index (κ1) is 11.9. The van der Waals surface area contributed by atoms with Crippen molar-refractivity contribution in [2.24, 2.45) is 5.92 Å². The van der Waals surface area contributed by atoms with E-state index in [1.54, 1.807) is 0 Å². The standard InChI is InChI=1S/C13H23NO2/c1-2-11(13(15)16)14-9-5-8-12(14)10-6-3-4-7-10/h10-12H,2-9H2,1H3,(H,15,16). The van der Waals surface area contributed by atoms with Gasteiger partial charge in [-0.1, -0.05) is 19.8 Å². The number of hydrogen-bond donors (Lipinski definition) is 1. The molecule has 1 aliphatic carbocycles. The molecule has 0 spiro atoms. The molecule has 2 aliphatic rings. The SMILES string of the molecule is CCC(C(=O)O)N1CCCC1C1CCCC1. The predicted molar refractivity (Wildman–Crippen MR) is 63.4 cm³/mol. The van der Waals surface area contributed by atoms with E-state index in [-0.39, 0.29) is 6.04 Å². The summed E-state index contributed by atoms with van der Waals surface area (Å²) in [4.78, 5) is 13.5. The van der Waals surface area contributed by atoms with E-state index < -0.39 is 5.97 Å². The van der Waals surface area contributed by atoms with Crippen LogP contribution in [0.25, 0.3) is 0 Å². The fraction of sp³-hybridized carbons (Fsp3) is 0.923. The van der Waals surface area contributed by atoms with Crippen molar-refractivity contribution in [1.29, 1.82) is 0 Å². The van der Waals surface area contributed by atoms with Crippen molar-refractivity contribution in [3.05, 3.63) is 0 Å². The summed E-state index contributed by atoms with van der Waals surface area (Å²) in [6, 6.07) is 0.316. The molecule has 1 saturated heterocycles. The van der Waals surface area contributed by atoms with Crippen molar-refractivity contribution in [2.75, 3.05) is 6.54 Å². The second-order valence-electron chi connectivity index (χ2n) is 5.25. The first-order valence-corrected chi connectivity index (χ1v) is 6.72. The number of hydrogen-bond acceptors (Lipinski definition) is 2. The molecule has 16 heavy (non-hydrogen) atoms. The van der Waals surface area contributed by atoms with Gasteiger partial charge in [-0.3, -0.25) is 9.69 Å². The van der Waals surface area contributed by atoms with E-state index in [9.17, 15) is 9.90 Å². The van der Waals surface area contributed by atoms with Crippen LogP contribution in [0.1, 0.15) is 51.9 Å². The Bertz CT molecular complexity index is 248. The molecule has 1 aliphatic heterocycles. The van der Waals surface area contributed by atoms with Crippen molar-refractivity contribution in [3.8, 4) is 0 Å². The first-order valence-electron chi connectivity index (χ1n) is 6.72. The zero-order valence-corrected chi connectivity index (χ0v) is 10.2. The summed E-state index contributed by atoms with van der Waals surface area (Å²) < 4.78 is 0. The highest BCUT2D eigenvalue weighted by Crippen LogP contribution is 2.36. The molecule has 0 bridgehead atoms. The third kappa shape index (κ3) is 2.24. The van der Waals surface area contributed by atoms with Gasteiger partial charge in [0.1, 0.15) is 6.04 Å². The molecule has 3 heteroatoms. The lowest BCUT2D eigenvalue weighted by molar-refractivity contribution is -0.144. The van der Waals surface area contributed by atoms with Gasteiger partial charge < -0.3 is 5.11 Å². The second-order valence-corrected chi connectivity index (χ2v) is 5.25. The van der Waals surface area contributed by atoms with Gasteiger partial charge in [-0.15, -0.1) is 0 Å². The number of aliphatic carboxylic acids is 1. The molecule has 0 aromatic carbocycles. The molecule has 1 saturated carbocycles. The molecule has 2 rings (SSSR count). The van der Waals surface area contributed by atoms with E-state index in [0.717, 1.165) is 18.9 Å². The van der Waals surface area contributed by atoms with Crippen LogP contribution in [0.15, 0.2) is 0 Å². The first-order chi connectivity index (χ1) is 7.74. The van der Waals surface area contributed by atoms with Crippen LogP contribution in [0.5, 0.6) is 0 Å². The molecule has 3 nitrogen and oxygen atoms in total. The highest BCUT2D eigenvalue weighted by molar-refractivity contribution is 5.73. The molecule has 0 aromatic rings. The zero-order chi connectivity index (χ0) is 11.5. The van der Waals surface area contributed by atoms with E-state index >= 15 is 0 Å². The van der Waals surface area contributed by atoms with Gasteiger partial charge in [0.25, 0.3) is 0 Å². The normalized spacial score (nSPS) is 29.7. The highest BCUT2D eigenvalue weighted by atomic mass is 16.4. The Morgan fingerprint density at radius 2 is 2.00 bits per heavy atom. The lowest BCUT2D eigenvalue weighted by Gasteiger charge is -2.33. The lowest BCUT2D eigenvalue weighted by Crippen LogP contribution is -2.46. The number of rotatable bonds is 4. The summed E-state index contributed by atoms with van der Waals surface area (Å²) in [6.45, 7) is 2.98. The molecule has 0 amide bonds. The summed E-state index contributed by atoms with van der Waals surface area (Å²) >= 11 is 0. The quantitative estimate of drug-likeness (QED) is 0.799. The van der Waals surface area contributed by atoms with Crippen molar-refractivity contribution < 1.29 is 9.90 Å². The highest BCUT2D eigenvalue weighted by Gasteiger charge is 2.38. The van der Waals surface area contributed by atoms with Crippen LogP contribution in [0, 0.1) is 5.92 Å².